The van der Waals surface area contributed by atoms with E-state index in [9.17, 15) is 14.9 Å². The summed E-state index contributed by atoms with van der Waals surface area (Å²) in [6, 6.07) is 2.86. The summed E-state index contributed by atoms with van der Waals surface area (Å²) < 4.78 is 0. The Morgan fingerprint density at radius 1 is 1.43 bits per heavy atom. The lowest BCUT2D eigenvalue weighted by Crippen LogP contribution is -2.34. The van der Waals surface area contributed by atoms with Gasteiger partial charge >= 0.3 is 0 Å². The minimum absolute atomic E-state index is 0.0116. The number of likely N-dealkylation sites (N-methyl/N-ethyl adjacent to an activating group) is 1. The smallest absolute Gasteiger partial charge is 0.290 e. The Kier molecular flexibility index (Phi) is 4.70. The van der Waals surface area contributed by atoms with Crippen LogP contribution < -0.4 is 0 Å². The zero-order valence-corrected chi connectivity index (χ0v) is 13.2. The maximum Gasteiger partial charge on any atom is 0.290 e. The van der Waals surface area contributed by atoms with Crippen LogP contribution in [0.1, 0.15) is 16.8 Å². The number of benzene rings is 1. The van der Waals surface area contributed by atoms with Gasteiger partial charge in [-0.1, -0.05) is 23.2 Å². The molecule has 1 atom stereocenters. The Morgan fingerprint density at radius 2 is 2.10 bits per heavy atom. The normalized spacial score (nSPS) is 18.3. The summed E-state index contributed by atoms with van der Waals surface area (Å²) in [5.74, 6) is -0.263. The molecule has 1 heterocycles. The fourth-order valence-corrected chi connectivity index (χ4v) is 2.75. The molecular weight excluding hydrogens is 317 g/mol. The third kappa shape index (κ3) is 3.28. The number of nitro groups is 1. The number of amides is 1. The molecule has 0 aliphatic carbocycles. The molecule has 1 unspecified atom stereocenters. The molecule has 21 heavy (non-hydrogen) atoms. The van der Waals surface area contributed by atoms with Crippen molar-refractivity contribution in [1.82, 2.24) is 9.80 Å². The number of hydrogen-bond donors (Lipinski definition) is 0. The molecule has 114 valence electrons. The highest BCUT2D eigenvalue weighted by molar-refractivity contribution is 6.43. The molecule has 1 aromatic carbocycles. The Bertz CT molecular complexity index is 592. The molecule has 8 heteroatoms. The molecule has 1 aliphatic heterocycles. The molecule has 0 aromatic heterocycles. The average Bonchev–Trinajstić information content (AvgIpc) is 2.90. The van der Waals surface area contributed by atoms with E-state index in [1.165, 1.54) is 12.1 Å². The molecule has 1 aliphatic rings. The fourth-order valence-electron chi connectivity index (χ4n) is 2.36. The number of carbonyl (C=O) groups is 1. The van der Waals surface area contributed by atoms with Crippen molar-refractivity contribution in [3.05, 3.63) is 37.9 Å². The second kappa shape index (κ2) is 6.17. The zero-order chi connectivity index (χ0) is 15.7. The summed E-state index contributed by atoms with van der Waals surface area (Å²) in [5, 5.41) is 10.8. The summed E-state index contributed by atoms with van der Waals surface area (Å²) in [5.41, 5.74) is -0.161. The summed E-state index contributed by atoms with van der Waals surface area (Å²) in [4.78, 5) is 26.5. The van der Waals surface area contributed by atoms with Crippen LogP contribution in [0.25, 0.3) is 0 Å². The Labute approximate surface area is 132 Å². The third-order valence-electron chi connectivity index (χ3n) is 3.63. The van der Waals surface area contributed by atoms with Gasteiger partial charge in [0, 0.05) is 30.8 Å². The van der Waals surface area contributed by atoms with Gasteiger partial charge in [-0.05, 0) is 26.6 Å². The Hall–Kier alpha value is -1.37. The number of rotatable bonds is 3. The molecule has 6 nitrogen and oxygen atoms in total. The van der Waals surface area contributed by atoms with Crippen LogP contribution in [0.2, 0.25) is 10.0 Å². The Morgan fingerprint density at radius 3 is 2.62 bits per heavy atom. The maximum absolute atomic E-state index is 12.4. The van der Waals surface area contributed by atoms with Gasteiger partial charge in [0.1, 0.15) is 5.02 Å². The van der Waals surface area contributed by atoms with Crippen molar-refractivity contribution < 1.29 is 9.72 Å². The first-order valence-corrected chi connectivity index (χ1v) is 7.16. The van der Waals surface area contributed by atoms with Crippen molar-refractivity contribution in [2.45, 2.75) is 12.5 Å². The number of nitrogens with zero attached hydrogens (tertiary/aromatic N) is 3. The lowest BCUT2D eigenvalue weighted by Gasteiger charge is -2.20. The van der Waals surface area contributed by atoms with Gasteiger partial charge in [0.2, 0.25) is 0 Å². The molecule has 1 fully saturated rings. The van der Waals surface area contributed by atoms with Crippen LogP contribution in [-0.4, -0.2) is 53.9 Å². The monoisotopic (exact) mass is 331 g/mol. The first-order chi connectivity index (χ1) is 9.81. The number of carbonyl (C=O) groups excluding carboxylic acids is 1. The molecular formula is C13H15Cl2N3O3. The van der Waals surface area contributed by atoms with Gasteiger partial charge in [0.15, 0.2) is 0 Å². The molecule has 0 saturated carbocycles. The molecule has 1 aromatic rings. The maximum atomic E-state index is 12.4. The highest BCUT2D eigenvalue weighted by Crippen LogP contribution is 2.33. The highest BCUT2D eigenvalue weighted by Gasteiger charge is 2.29. The second-order valence-corrected chi connectivity index (χ2v) is 5.99. The minimum atomic E-state index is -0.641. The van der Waals surface area contributed by atoms with E-state index in [2.05, 4.69) is 4.90 Å². The van der Waals surface area contributed by atoms with Crippen LogP contribution >= 0.6 is 23.2 Å². The van der Waals surface area contributed by atoms with Crippen molar-refractivity contribution >= 4 is 34.8 Å². The van der Waals surface area contributed by atoms with Gasteiger partial charge in [-0.25, -0.2) is 0 Å². The van der Waals surface area contributed by atoms with Gasteiger partial charge in [0.25, 0.3) is 11.6 Å². The summed E-state index contributed by atoms with van der Waals surface area (Å²) >= 11 is 11.7. The number of hydrogen-bond acceptors (Lipinski definition) is 4. The lowest BCUT2D eigenvalue weighted by molar-refractivity contribution is -0.384. The van der Waals surface area contributed by atoms with Gasteiger partial charge < -0.3 is 9.80 Å². The first-order valence-electron chi connectivity index (χ1n) is 6.40. The van der Waals surface area contributed by atoms with Crippen LogP contribution in [0.15, 0.2) is 12.1 Å². The van der Waals surface area contributed by atoms with Gasteiger partial charge in [0.05, 0.1) is 9.95 Å². The lowest BCUT2D eigenvalue weighted by atomic mass is 10.1. The topological polar surface area (TPSA) is 66.7 Å². The first kappa shape index (κ1) is 16.0. The largest absolute Gasteiger partial charge is 0.337 e. The van der Waals surface area contributed by atoms with E-state index in [-0.39, 0.29) is 27.2 Å². The van der Waals surface area contributed by atoms with Crippen LogP contribution in [-0.2, 0) is 0 Å². The predicted molar refractivity (Wildman–Crippen MR) is 81.1 cm³/mol. The highest BCUT2D eigenvalue weighted by atomic mass is 35.5. The van der Waals surface area contributed by atoms with E-state index < -0.39 is 4.92 Å². The summed E-state index contributed by atoms with van der Waals surface area (Å²) in [6.07, 6.45) is 0.877. The summed E-state index contributed by atoms with van der Waals surface area (Å²) in [6.45, 7) is 1.22. The van der Waals surface area contributed by atoms with E-state index >= 15 is 0 Å². The standard InChI is InChI=1S/C13H15Cl2N3O3/c1-16(2)9-3-4-17(7-9)13(19)8-5-10(14)12(15)11(6-8)18(20)21/h5-6,9H,3-4,7H2,1-2H3. The van der Waals surface area contributed by atoms with E-state index in [0.29, 0.717) is 19.1 Å². The molecule has 0 radical (unpaired) electrons. The predicted octanol–water partition coefficient (Wildman–Crippen LogP) is 2.68. The third-order valence-corrected chi connectivity index (χ3v) is 4.43. The number of nitro benzene ring substituents is 1. The second-order valence-electron chi connectivity index (χ2n) is 5.21. The van der Waals surface area contributed by atoms with Gasteiger partial charge in [-0.15, -0.1) is 0 Å². The van der Waals surface area contributed by atoms with Crippen LogP contribution in [0.4, 0.5) is 5.69 Å². The molecule has 0 N–H and O–H groups in total. The number of likely N-dealkylation sites (tertiary alicyclic amines) is 1. The SMILES string of the molecule is CN(C)C1CCN(C(=O)c2cc(Cl)c(Cl)c([N+](=O)[O-])c2)C1. The molecule has 1 amide bonds. The van der Waals surface area contributed by atoms with Gasteiger partial charge in [-0.3, -0.25) is 14.9 Å². The van der Waals surface area contributed by atoms with Crippen molar-refractivity contribution in [1.29, 1.82) is 0 Å². The van der Waals surface area contributed by atoms with E-state index in [4.69, 9.17) is 23.2 Å². The minimum Gasteiger partial charge on any atom is -0.337 e. The van der Waals surface area contributed by atoms with Crippen molar-refractivity contribution in [3.8, 4) is 0 Å². The fraction of sp³-hybridized carbons (Fsp3) is 0.462. The number of halogens is 2. The van der Waals surface area contributed by atoms with Crippen molar-refractivity contribution in [2.75, 3.05) is 27.2 Å². The quantitative estimate of drug-likeness (QED) is 0.630. The zero-order valence-electron chi connectivity index (χ0n) is 11.7. The van der Waals surface area contributed by atoms with Gasteiger partial charge in [-0.2, -0.15) is 0 Å². The molecule has 1 saturated heterocycles. The van der Waals surface area contributed by atoms with Crippen LogP contribution in [0.5, 0.6) is 0 Å². The average molecular weight is 332 g/mol. The van der Waals surface area contributed by atoms with Crippen molar-refractivity contribution in [2.24, 2.45) is 0 Å². The van der Waals surface area contributed by atoms with Crippen LogP contribution in [0.3, 0.4) is 0 Å². The molecule has 0 spiro atoms. The van der Waals surface area contributed by atoms with Crippen molar-refractivity contribution in [3.63, 3.8) is 0 Å². The van der Waals surface area contributed by atoms with E-state index in [1.807, 2.05) is 14.1 Å². The Balaban J connectivity index is 2.26. The van der Waals surface area contributed by atoms with Crippen LogP contribution in [0, 0.1) is 10.1 Å². The summed E-state index contributed by atoms with van der Waals surface area (Å²) in [7, 11) is 3.92. The van der Waals surface area contributed by atoms with E-state index in [1.54, 1.807) is 4.90 Å². The van der Waals surface area contributed by atoms with E-state index in [0.717, 1.165) is 6.42 Å². The molecule has 0 bridgehead atoms. The molecule has 2 rings (SSSR count).